The van der Waals surface area contributed by atoms with Gasteiger partial charge in [-0.15, -0.1) is 0 Å². The highest BCUT2D eigenvalue weighted by atomic mass is 16.7. The van der Waals surface area contributed by atoms with E-state index in [9.17, 15) is 23.2 Å². The van der Waals surface area contributed by atoms with E-state index in [0.29, 0.717) is 0 Å². The minimum absolute atomic E-state index is 0.190. The summed E-state index contributed by atoms with van der Waals surface area (Å²) in [4.78, 5) is 0. The lowest BCUT2D eigenvalue weighted by Gasteiger charge is -2.39. The van der Waals surface area contributed by atoms with E-state index in [0.717, 1.165) is 7.11 Å². The van der Waals surface area contributed by atoms with Crippen molar-refractivity contribution in [3.8, 4) is 23.0 Å². The molecule has 0 bridgehead atoms. The second-order valence-corrected chi connectivity index (χ2v) is 8.64. The predicted octanol–water partition coefficient (Wildman–Crippen LogP) is 0.966. The molecule has 0 amide bonds. The van der Waals surface area contributed by atoms with Crippen molar-refractivity contribution in [2.24, 2.45) is 11.8 Å². The van der Waals surface area contributed by atoms with Gasteiger partial charge in [0, 0.05) is 11.8 Å². The van der Waals surface area contributed by atoms with Crippen LogP contribution in [0.1, 0.15) is 37.0 Å². The Balaban J connectivity index is 1.55. The van der Waals surface area contributed by atoms with Crippen LogP contribution in [0.3, 0.4) is 0 Å². The maximum Gasteiger partial charge on any atom is 0.229 e. The molecule has 3 fully saturated rings. The minimum Gasteiger partial charge on any atom is -0.493 e. The molecule has 3 aliphatic rings. The molecule has 11 heteroatoms. The normalized spacial score (nSPS) is 42.6. The van der Waals surface area contributed by atoms with Crippen LogP contribution in [0.5, 0.6) is 23.0 Å². The lowest BCUT2D eigenvalue weighted by atomic mass is 9.85. The number of ether oxygens (including phenoxy) is 7. The van der Waals surface area contributed by atoms with Crippen LogP contribution in [0.25, 0.3) is 0 Å². The molecule has 4 N–H and O–H groups in total. The molecule has 5 rings (SSSR count). The Morgan fingerprint density at radius 3 is 1.87 bits per heavy atom. The standard InChI is InChI=1S/C27H34O11/c1-32-17-6-4-13(8-19(17)33-2)25-15-11-36-26(16(15)12-35-25)14-5-7-18(20(9-14)34-3)37-27-24(31)23(30)22(29)21(10-28)38-27/h4-9,15-16,21-31H,10-12H2,1-3H3/i4D,5D,6D,7D,8D,9D,10D2,25D,26D. The lowest BCUT2D eigenvalue weighted by molar-refractivity contribution is -0.277. The molecule has 38 heavy (non-hydrogen) atoms. The summed E-state index contributed by atoms with van der Waals surface area (Å²) in [6.07, 6.45) is -14.9. The quantitative estimate of drug-likeness (QED) is 0.377. The van der Waals surface area contributed by atoms with Gasteiger partial charge in [0.2, 0.25) is 6.29 Å². The monoisotopic (exact) mass is 544 g/mol. The number of rotatable bonds is 8. The highest BCUT2D eigenvalue weighted by Crippen LogP contribution is 2.51. The van der Waals surface area contributed by atoms with Crippen molar-refractivity contribution >= 4 is 0 Å². The van der Waals surface area contributed by atoms with Gasteiger partial charge in [-0.05, 0) is 35.3 Å². The van der Waals surface area contributed by atoms with Crippen LogP contribution in [0.2, 0.25) is 0 Å². The maximum absolute atomic E-state index is 10.5. The van der Waals surface area contributed by atoms with Gasteiger partial charge in [-0.3, -0.25) is 0 Å². The van der Waals surface area contributed by atoms with Gasteiger partial charge in [0.1, 0.15) is 24.4 Å². The summed E-state index contributed by atoms with van der Waals surface area (Å²) >= 11 is 0. The lowest BCUT2D eigenvalue weighted by Crippen LogP contribution is -2.60. The SMILES string of the molecule is [2H]c1c([2H])c(C2([2H])OCC3C2COC3([2H])c2c([2H])c([2H])c(OC3OC(C([2H])([2H])O)C(O)C(O)C3O)c(OC)c2[2H])c([2H])c(OC)c1OC. The Morgan fingerprint density at radius 1 is 0.816 bits per heavy atom. The van der Waals surface area contributed by atoms with Gasteiger partial charge in [-0.1, -0.05) is 12.1 Å². The third-order valence-electron chi connectivity index (χ3n) is 6.52. The molecule has 9 atom stereocenters. The molecule has 2 aromatic carbocycles. The molecular weight excluding hydrogens is 500 g/mol. The molecule has 0 saturated carbocycles. The zero-order valence-electron chi connectivity index (χ0n) is 30.6. The van der Waals surface area contributed by atoms with Crippen molar-refractivity contribution in [3.63, 3.8) is 0 Å². The number of methoxy groups -OCH3 is 3. The first-order chi connectivity index (χ1) is 22.3. The van der Waals surface area contributed by atoms with E-state index >= 15 is 0 Å². The van der Waals surface area contributed by atoms with Crippen LogP contribution in [-0.2, 0) is 14.2 Å². The second-order valence-electron chi connectivity index (χ2n) is 8.64. The van der Waals surface area contributed by atoms with Gasteiger partial charge in [-0.2, -0.15) is 0 Å². The molecule has 2 aromatic rings. The van der Waals surface area contributed by atoms with Crippen LogP contribution >= 0.6 is 0 Å². The fourth-order valence-corrected chi connectivity index (χ4v) is 4.52. The van der Waals surface area contributed by atoms with Crippen molar-refractivity contribution in [1.82, 2.24) is 0 Å². The number of aliphatic hydroxyl groups excluding tert-OH is 3. The largest absolute Gasteiger partial charge is 0.493 e. The first-order valence-corrected chi connectivity index (χ1v) is 11.6. The summed E-state index contributed by atoms with van der Waals surface area (Å²) in [7, 11) is 3.53. The summed E-state index contributed by atoms with van der Waals surface area (Å²) in [6, 6.07) is -3.74. The molecule has 3 aliphatic heterocycles. The van der Waals surface area contributed by atoms with E-state index < -0.39 is 128 Å². The Labute approximate surface area is 234 Å². The molecule has 208 valence electrons. The van der Waals surface area contributed by atoms with Gasteiger partial charge in [0.25, 0.3) is 0 Å². The smallest absolute Gasteiger partial charge is 0.229 e. The summed E-state index contributed by atoms with van der Waals surface area (Å²) < 4.78 is 124. The Morgan fingerprint density at radius 2 is 1.34 bits per heavy atom. The second kappa shape index (κ2) is 11.2. The van der Waals surface area contributed by atoms with Crippen molar-refractivity contribution in [1.29, 1.82) is 0 Å². The molecule has 3 saturated heterocycles. The van der Waals surface area contributed by atoms with Gasteiger partial charge >= 0.3 is 0 Å². The van der Waals surface area contributed by atoms with Crippen molar-refractivity contribution in [2.75, 3.05) is 41.1 Å². The Bertz CT molecular complexity index is 1600. The van der Waals surface area contributed by atoms with E-state index in [1.165, 1.54) is 14.2 Å². The third-order valence-corrected chi connectivity index (χ3v) is 6.52. The van der Waals surface area contributed by atoms with E-state index in [4.69, 9.17) is 44.1 Å². The summed E-state index contributed by atoms with van der Waals surface area (Å²) in [5.74, 6) is -3.85. The molecule has 0 aliphatic carbocycles. The fraction of sp³-hybridized carbons (Fsp3) is 0.556. The van der Waals surface area contributed by atoms with E-state index in [2.05, 4.69) is 0 Å². The fourth-order valence-electron chi connectivity index (χ4n) is 4.52. The maximum atomic E-state index is 10.5. The number of hydrogen-bond donors (Lipinski definition) is 4. The van der Waals surface area contributed by atoms with Crippen LogP contribution in [0.4, 0.5) is 0 Å². The number of fused-ring (bicyclic) bond motifs is 1. The van der Waals surface area contributed by atoms with Crippen molar-refractivity contribution in [3.05, 3.63) is 47.4 Å². The first kappa shape index (κ1) is 17.1. The summed E-state index contributed by atoms with van der Waals surface area (Å²) in [6.45, 7) is -4.00. The van der Waals surface area contributed by atoms with Crippen LogP contribution < -0.4 is 18.9 Å². The number of hydrogen-bond acceptors (Lipinski definition) is 11. The van der Waals surface area contributed by atoms with Crippen molar-refractivity contribution in [2.45, 2.75) is 42.9 Å². The molecule has 0 radical (unpaired) electrons. The zero-order valence-corrected chi connectivity index (χ0v) is 20.6. The first-order valence-electron chi connectivity index (χ1n) is 16.6. The molecule has 3 heterocycles. The van der Waals surface area contributed by atoms with Crippen molar-refractivity contribution < 1.29 is 67.3 Å². The molecule has 9 unspecified atom stereocenters. The molecular formula is C27H34O11. The van der Waals surface area contributed by atoms with Crippen LogP contribution in [-0.4, -0.2) is 92.2 Å². The Kier molecular flexibility index (Phi) is 5.06. The summed E-state index contributed by atoms with van der Waals surface area (Å²) in [5, 5.41) is 40.7. The third kappa shape index (κ3) is 4.79. The average molecular weight is 545 g/mol. The number of aliphatic hydroxyl groups is 4. The molecule has 11 nitrogen and oxygen atoms in total. The molecule has 0 aromatic heterocycles. The van der Waals surface area contributed by atoms with E-state index in [1.54, 1.807) is 0 Å². The highest BCUT2D eigenvalue weighted by Gasteiger charge is 2.49. The van der Waals surface area contributed by atoms with E-state index in [-0.39, 0.29) is 17.1 Å². The van der Waals surface area contributed by atoms with Gasteiger partial charge in [0.05, 0.1) is 67.0 Å². The van der Waals surface area contributed by atoms with Crippen LogP contribution in [0.15, 0.2) is 36.3 Å². The average Bonchev–Trinajstić information content (AvgIpc) is 3.54. The van der Waals surface area contributed by atoms with Gasteiger partial charge in [-0.25, -0.2) is 0 Å². The summed E-state index contributed by atoms with van der Waals surface area (Å²) in [5.41, 5.74) is -0.831. The zero-order chi connectivity index (χ0) is 35.8. The van der Waals surface area contributed by atoms with E-state index in [1.807, 2.05) is 0 Å². The predicted molar refractivity (Wildman–Crippen MR) is 131 cm³/mol. The van der Waals surface area contributed by atoms with Gasteiger partial charge < -0.3 is 53.6 Å². The molecule has 0 spiro atoms. The van der Waals surface area contributed by atoms with Crippen LogP contribution in [0, 0.1) is 11.8 Å². The number of benzene rings is 2. The topological polar surface area (TPSA) is 146 Å². The minimum atomic E-state index is -3.22. The highest BCUT2D eigenvalue weighted by molar-refractivity contribution is 5.45. The van der Waals surface area contributed by atoms with Gasteiger partial charge in [0.15, 0.2) is 23.0 Å². The Hall–Kier alpha value is -2.64.